The highest BCUT2D eigenvalue weighted by molar-refractivity contribution is 7.99. The van der Waals surface area contributed by atoms with E-state index in [2.05, 4.69) is 24.1 Å². The van der Waals surface area contributed by atoms with E-state index >= 15 is 0 Å². The molecular weight excluding hydrogens is 258 g/mol. The molecule has 6 heteroatoms. The molecule has 3 N–H and O–H groups in total. The molecule has 0 aromatic carbocycles. The Hall–Kier alpha value is -0.940. The number of halogens is 1. The summed E-state index contributed by atoms with van der Waals surface area (Å²) in [4.78, 5) is 15.7. The summed E-state index contributed by atoms with van der Waals surface area (Å²) in [5.41, 5.74) is 6.37. The van der Waals surface area contributed by atoms with Crippen LogP contribution < -0.4 is 11.1 Å². The molecule has 0 spiro atoms. The molecule has 1 aromatic heterocycles. The lowest BCUT2D eigenvalue weighted by Crippen LogP contribution is -2.36. The number of aromatic nitrogens is 1. The van der Waals surface area contributed by atoms with Crippen molar-refractivity contribution < 1.29 is 4.79 Å². The second-order valence-corrected chi connectivity index (χ2v) is 6.14. The monoisotopic (exact) mass is 273 g/mol. The van der Waals surface area contributed by atoms with Gasteiger partial charge in [-0.1, -0.05) is 11.6 Å². The first kappa shape index (κ1) is 14.1. The van der Waals surface area contributed by atoms with Crippen LogP contribution in [0, 0.1) is 0 Å². The van der Waals surface area contributed by atoms with Crippen molar-refractivity contribution >= 4 is 35.0 Å². The fourth-order valence-corrected chi connectivity index (χ4v) is 1.47. The fraction of sp³-hybridized carbons (Fsp3) is 0.455. The molecule has 0 bridgehead atoms. The Balaban J connectivity index is 2.74. The lowest BCUT2D eigenvalue weighted by Gasteiger charge is -2.22. The van der Waals surface area contributed by atoms with Crippen molar-refractivity contribution in [2.45, 2.75) is 18.6 Å². The topological polar surface area (TPSA) is 68.0 Å². The van der Waals surface area contributed by atoms with Crippen molar-refractivity contribution in [2.24, 2.45) is 0 Å². The number of nitrogens with two attached hydrogens (primary N) is 1. The molecule has 0 saturated heterocycles. The molecule has 0 radical (unpaired) electrons. The third-order valence-corrected chi connectivity index (χ3v) is 3.83. The quantitative estimate of drug-likeness (QED) is 0.825. The molecule has 0 atom stereocenters. The van der Waals surface area contributed by atoms with Crippen LogP contribution in [0.25, 0.3) is 0 Å². The zero-order valence-corrected chi connectivity index (χ0v) is 11.7. The van der Waals surface area contributed by atoms with Gasteiger partial charge in [-0.15, -0.1) is 0 Å². The zero-order chi connectivity index (χ0) is 13.1. The van der Waals surface area contributed by atoms with Crippen LogP contribution in [0.15, 0.2) is 12.3 Å². The Morgan fingerprint density at radius 3 is 2.88 bits per heavy atom. The van der Waals surface area contributed by atoms with Gasteiger partial charge in [-0.25, -0.2) is 4.98 Å². The SMILES string of the molecule is CSC(C)(C)CNC(=O)c1cc(Cl)ncc1N. The number of hydrogen-bond donors (Lipinski definition) is 2. The van der Waals surface area contributed by atoms with E-state index in [4.69, 9.17) is 17.3 Å². The number of hydrogen-bond acceptors (Lipinski definition) is 4. The van der Waals surface area contributed by atoms with Crippen molar-refractivity contribution in [3.63, 3.8) is 0 Å². The van der Waals surface area contributed by atoms with Crippen LogP contribution >= 0.6 is 23.4 Å². The molecule has 94 valence electrons. The molecule has 0 aliphatic carbocycles. The number of nitrogens with one attached hydrogen (secondary N) is 1. The van der Waals surface area contributed by atoms with E-state index in [1.165, 1.54) is 12.3 Å². The average Bonchev–Trinajstić information content (AvgIpc) is 2.29. The Morgan fingerprint density at radius 2 is 2.29 bits per heavy atom. The number of pyridine rings is 1. The average molecular weight is 274 g/mol. The minimum atomic E-state index is -0.228. The number of carbonyl (C=O) groups is 1. The first-order valence-corrected chi connectivity index (χ1v) is 6.70. The molecule has 0 aliphatic rings. The maximum atomic E-state index is 11.9. The number of amides is 1. The molecule has 0 unspecified atom stereocenters. The Morgan fingerprint density at radius 1 is 1.65 bits per heavy atom. The third-order valence-electron chi connectivity index (χ3n) is 2.37. The van der Waals surface area contributed by atoms with Gasteiger partial charge in [0.2, 0.25) is 0 Å². The predicted molar refractivity (Wildman–Crippen MR) is 73.6 cm³/mol. The van der Waals surface area contributed by atoms with E-state index in [9.17, 15) is 4.79 Å². The van der Waals surface area contributed by atoms with E-state index in [0.29, 0.717) is 17.8 Å². The molecule has 1 rings (SSSR count). The van der Waals surface area contributed by atoms with Gasteiger partial charge in [0.05, 0.1) is 17.4 Å². The van der Waals surface area contributed by atoms with Crippen molar-refractivity contribution in [3.8, 4) is 0 Å². The first-order chi connectivity index (χ1) is 7.85. The van der Waals surface area contributed by atoms with Crippen LogP contribution in [0.1, 0.15) is 24.2 Å². The predicted octanol–water partition coefficient (Wildman–Crippen LogP) is 2.19. The van der Waals surface area contributed by atoms with Gasteiger partial charge in [-0.05, 0) is 26.2 Å². The largest absolute Gasteiger partial charge is 0.397 e. The highest BCUT2D eigenvalue weighted by atomic mass is 35.5. The van der Waals surface area contributed by atoms with Gasteiger partial charge in [0, 0.05) is 11.3 Å². The normalized spacial score (nSPS) is 11.3. The number of thioether (sulfide) groups is 1. The van der Waals surface area contributed by atoms with Crippen molar-refractivity contribution in [3.05, 3.63) is 23.0 Å². The molecule has 0 saturated carbocycles. The van der Waals surface area contributed by atoms with Crippen LogP contribution in [0.2, 0.25) is 5.15 Å². The van der Waals surface area contributed by atoms with Crippen molar-refractivity contribution in [1.82, 2.24) is 10.3 Å². The first-order valence-electron chi connectivity index (χ1n) is 5.10. The van der Waals surface area contributed by atoms with E-state index in [0.717, 1.165) is 0 Å². The fourth-order valence-electron chi connectivity index (χ4n) is 1.10. The lowest BCUT2D eigenvalue weighted by molar-refractivity contribution is 0.0951. The van der Waals surface area contributed by atoms with E-state index in [1.54, 1.807) is 11.8 Å². The summed E-state index contributed by atoms with van der Waals surface area (Å²) in [5, 5.41) is 3.09. The van der Waals surface area contributed by atoms with Crippen molar-refractivity contribution in [1.29, 1.82) is 0 Å². The van der Waals surface area contributed by atoms with Crippen molar-refractivity contribution in [2.75, 3.05) is 18.5 Å². The number of nitrogen functional groups attached to an aromatic ring is 1. The Bertz CT molecular complexity index is 423. The molecule has 0 fully saturated rings. The van der Waals surface area contributed by atoms with Gasteiger partial charge < -0.3 is 11.1 Å². The van der Waals surface area contributed by atoms with Gasteiger partial charge in [-0.2, -0.15) is 11.8 Å². The molecular formula is C11H16ClN3OS. The molecule has 4 nitrogen and oxygen atoms in total. The highest BCUT2D eigenvalue weighted by Gasteiger charge is 2.18. The van der Waals surface area contributed by atoms with E-state index < -0.39 is 0 Å². The standard InChI is InChI=1S/C11H16ClN3OS/c1-11(2,17-3)6-15-10(16)7-4-9(12)14-5-8(7)13/h4-5H,6,13H2,1-3H3,(H,15,16). The number of anilines is 1. The minimum absolute atomic E-state index is 0.0127. The summed E-state index contributed by atoms with van der Waals surface area (Å²) < 4.78 is -0.0127. The minimum Gasteiger partial charge on any atom is -0.397 e. The smallest absolute Gasteiger partial charge is 0.253 e. The van der Waals surface area contributed by atoms with Gasteiger partial charge in [0.15, 0.2) is 0 Å². The van der Waals surface area contributed by atoms with Crippen LogP contribution in [0.5, 0.6) is 0 Å². The summed E-state index contributed by atoms with van der Waals surface area (Å²) in [7, 11) is 0. The second kappa shape index (κ2) is 5.60. The van der Waals surface area contributed by atoms with Crippen LogP contribution in [-0.2, 0) is 0 Å². The Kier molecular flexibility index (Phi) is 4.65. The summed E-state index contributed by atoms with van der Waals surface area (Å²) in [5.74, 6) is -0.228. The summed E-state index contributed by atoms with van der Waals surface area (Å²) in [6, 6.07) is 1.47. The molecule has 0 aliphatic heterocycles. The number of nitrogens with zero attached hydrogens (tertiary/aromatic N) is 1. The zero-order valence-electron chi connectivity index (χ0n) is 10.1. The van der Waals surface area contributed by atoms with Crippen LogP contribution in [-0.4, -0.2) is 28.4 Å². The number of rotatable bonds is 4. The van der Waals surface area contributed by atoms with Gasteiger partial charge >= 0.3 is 0 Å². The van der Waals surface area contributed by atoms with Gasteiger partial charge in [0.25, 0.3) is 5.91 Å². The summed E-state index contributed by atoms with van der Waals surface area (Å²) in [6.45, 7) is 4.67. The molecule has 1 amide bonds. The van der Waals surface area contributed by atoms with Gasteiger partial charge in [0.1, 0.15) is 5.15 Å². The van der Waals surface area contributed by atoms with E-state index in [-0.39, 0.29) is 15.8 Å². The van der Waals surface area contributed by atoms with Crippen LogP contribution in [0.4, 0.5) is 5.69 Å². The third kappa shape index (κ3) is 4.09. The maximum absolute atomic E-state index is 11.9. The molecule has 17 heavy (non-hydrogen) atoms. The highest BCUT2D eigenvalue weighted by Crippen LogP contribution is 2.20. The maximum Gasteiger partial charge on any atom is 0.253 e. The second-order valence-electron chi connectivity index (χ2n) is 4.24. The molecule has 1 aromatic rings. The van der Waals surface area contributed by atoms with Crippen LogP contribution in [0.3, 0.4) is 0 Å². The Labute approximate surface area is 110 Å². The lowest BCUT2D eigenvalue weighted by atomic mass is 10.2. The van der Waals surface area contributed by atoms with Gasteiger partial charge in [-0.3, -0.25) is 4.79 Å². The summed E-state index contributed by atoms with van der Waals surface area (Å²) >= 11 is 7.41. The number of carbonyl (C=O) groups excluding carboxylic acids is 1. The molecule has 1 heterocycles. The summed E-state index contributed by atoms with van der Waals surface area (Å²) in [6.07, 6.45) is 3.39. The van der Waals surface area contributed by atoms with E-state index in [1.807, 2.05) is 6.26 Å².